The van der Waals surface area contributed by atoms with Crippen LogP contribution in [-0.2, 0) is 0 Å². The van der Waals surface area contributed by atoms with Crippen molar-refractivity contribution in [1.82, 2.24) is 4.98 Å². The summed E-state index contributed by atoms with van der Waals surface area (Å²) in [6, 6.07) is 11.9. The Balaban J connectivity index is 2.14. The number of halogens is 2. The zero-order valence-corrected chi connectivity index (χ0v) is 11.2. The number of benzene rings is 2. The van der Waals surface area contributed by atoms with E-state index in [1.165, 1.54) is 12.1 Å². The first-order valence-electron chi connectivity index (χ1n) is 6.71. The Bertz CT molecular complexity index is 746. The van der Waals surface area contributed by atoms with Crippen LogP contribution in [0.3, 0.4) is 0 Å². The molecule has 0 radical (unpaired) electrons. The number of H-pyrrole nitrogens is 1. The fourth-order valence-corrected chi connectivity index (χ4v) is 2.74. The van der Waals surface area contributed by atoms with Gasteiger partial charge in [-0.1, -0.05) is 25.1 Å². The fraction of sp³-hybridized carbons (Fsp3) is 0.176. The Morgan fingerprint density at radius 1 is 1.05 bits per heavy atom. The second-order valence-electron chi connectivity index (χ2n) is 4.93. The van der Waals surface area contributed by atoms with Crippen molar-refractivity contribution in [2.45, 2.75) is 19.3 Å². The van der Waals surface area contributed by atoms with Gasteiger partial charge < -0.3 is 4.98 Å². The minimum atomic E-state index is -0.294. The highest BCUT2D eigenvalue weighted by atomic mass is 19.1. The van der Waals surface area contributed by atoms with E-state index in [2.05, 4.69) is 4.98 Å². The SMILES string of the molecule is CCC(c1cc(F)c2[nH]ccc2c1)c1ccccc1F. The molecule has 0 aliphatic heterocycles. The molecule has 0 amide bonds. The lowest BCUT2D eigenvalue weighted by Gasteiger charge is -2.17. The molecule has 0 aliphatic rings. The zero-order chi connectivity index (χ0) is 14.1. The zero-order valence-electron chi connectivity index (χ0n) is 11.2. The molecule has 20 heavy (non-hydrogen) atoms. The van der Waals surface area contributed by atoms with Crippen molar-refractivity contribution in [1.29, 1.82) is 0 Å². The highest BCUT2D eigenvalue weighted by Gasteiger charge is 2.17. The monoisotopic (exact) mass is 271 g/mol. The molecule has 1 atom stereocenters. The van der Waals surface area contributed by atoms with Crippen LogP contribution in [0.5, 0.6) is 0 Å². The maximum atomic E-state index is 14.1. The number of nitrogens with one attached hydrogen (secondary N) is 1. The molecule has 0 bridgehead atoms. The smallest absolute Gasteiger partial charge is 0.147 e. The molecule has 0 fully saturated rings. The molecule has 3 aromatic rings. The number of hydrogen-bond acceptors (Lipinski definition) is 0. The lowest BCUT2D eigenvalue weighted by Crippen LogP contribution is -2.03. The van der Waals surface area contributed by atoms with Crippen molar-refractivity contribution < 1.29 is 8.78 Å². The molecule has 1 heterocycles. The number of rotatable bonds is 3. The maximum absolute atomic E-state index is 14.1. The summed E-state index contributed by atoms with van der Waals surface area (Å²) in [4.78, 5) is 2.87. The second kappa shape index (κ2) is 5.08. The standard InChI is InChI=1S/C17H15F2N/c1-2-13(14-5-3-4-6-15(14)18)12-9-11-7-8-20-17(11)16(19)10-12/h3-10,13,20H,2H2,1H3. The van der Waals surface area contributed by atoms with Gasteiger partial charge in [-0.05, 0) is 41.8 Å². The molecular weight excluding hydrogens is 256 g/mol. The third-order valence-electron chi connectivity index (χ3n) is 3.72. The van der Waals surface area contributed by atoms with Gasteiger partial charge in [0.15, 0.2) is 0 Å². The van der Waals surface area contributed by atoms with Crippen LogP contribution in [0.2, 0.25) is 0 Å². The summed E-state index contributed by atoms with van der Waals surface area (Å²) in [5.41, 5.74) is 1.92. The number of hydrogen-bond donors (Lipinski definition) is 1. The van der Waals surface area contributed by atoms with Crippen LogP contribution >= 0.6 is 0 Å². The molecule has 2 aromatic carbocycles. The van der Waals surface area contributed by atoms with Crippen molar-refractivity contribution in [3.05, 3.63) is 71.4 Å². The van der Waals surface area contributed by atoms with E-state index in [1.54, 1.807) is 18.3 Å². The van der Waals surface area contributed by atoms with E-state index in [-0.39, 0.29) is 17.6 Å². The van der Waals surface area contributed by atoms with E-state index in [4.69, 9.17) is 0 Å². The van der Waals surface area contributed by atoms with Gasteiger partial charge in [-0.2, -0.15) is 0 Å². The largest absolute Gasteiger partial charge is 0.359 e. The third kappa shape index (κ3) is 2.09. The van der Waals surface area contributed by atoms with Gasteiger partial charge in [0, 0.05) is 17.5 Å². The average molecular weight is 271 g/mol. The Morgan fingerprint density at radius 2 is 1.85 bits per heavy atom. The molecule has 0 saturated heterocycles. The minimum Gasteiger partial charge on any atom is -0.359 e. The molecule has 0 aliphatic carbocycles. The summed E-state index contributed by atoms with van der Waals surface area (Å²) in [5, 5.41) is 0.815. The van der Waals surface area contributed by atoms with E-state index in [9.17, 15) is 8.78 Å². The molecule has 1 aromatic heterocycles. The van der Waals surface area contributed by atoms with Gasteiger partial charge in [-0.15, -0.1) is 0 Å². The summed E-state index contributed by atoms with van der Waals surface area (Å²) in [5.74, 6) is -0.670. The predicted octanol–water partition coefficient (Wildman–Crippen LogP) is 4.99. The fourth-order valence-electron chi connectivity index (χ4n) is 2.74. The summed E-state index contributed by atoms with van der Waals surface area (Å²) in [6.45, 7) is 1.98. The molecule has 1 N–H and O–H groups in total. The first kappa shape index (κ1) is 12.9. The van der Waals surface area contributed by atoms with E-state index in [0.29, 0.717) is 11.1 Å². The van der Waals surface area contributed by atoms with Gasteiger partial charge in [0.1, 0.15) is 11.6 Å². The van der Waals surface area contributed by atoms with Crippen molar-refractivity contribution >= 4 is 10.9 Å². The first-order valence-corrected chi connectivity index (χ1v) is 6.71. The molecule has 0 spiro atoms. The lowest BCUT2D eigenvalue weighted by molar-refractivity contribution is 0.589. The number of fused-ring (bicyclic) bond motifs is 1. The van der Waals surface area contributed by atoms with E-state index in [1.807, 2.05) is 25.1 Å². The lowest BCUT2D eigenvalue weighted by atomic mass is 9.88. The Hall–Kier alpha value is -2.16. The third-order valence-corrected chi connectivity index (χ3v) is 3.72. The van der Waals surface area contributed by atoms with Gasteiger partial charge >= 0.3 is 0 Å². The Morgan fingerprint density at radius 3 is 2.60 bits per heavy atom. The predicted molar refractivity (Wildman–Crippen MR) is 76.8 cm³/mol. The van der Waals surface area contributed by atoms with Crippen molar-refractivity contribution in [2.24, 2.45) is 0 Å². The quantitative estimate of drug-likeness (QED) is 0.691. The van der Waals surface area contributed by atoms with E-state index >= 15 is 0 Å². The van der Waals surface area contributed by atoms with Gasteiger partial charge in [0.25, 0.3) is 0 Å². The van der Waals surface area contributed by atoms with E-state index < -0.39 is 0 Å². The number of aromatic nitrogens is 1. The van der Waals surface area contributed by atoms with Crippen LogP contribution < -0.4 is 0 Å². The summed E-state index contributed by atoms with van der Waals surface area (Å²) in [6.07, 6.45) is 2.43. The van der Waals surface area contributed by atoms with Crippen LogP contribution in [0.25, 0.3) is 10.9 Å². The molecule has 102 valence electrons. The van der Waals surface area contributed by atoms with Crippen LogP contribution in [0.4, 0.5) is 8.78 Å². The van der Waals surface area contributed by atoms with Gasteiger partial charge in [-0.25, -0.2) is 8.78 Å². The van der Waals surface area contributed by atoms with Crippen molar-refractivity contribution in [2.75, 3.05) is 0 Å². The minimum absolute atomic E-state index is 0.134. The maximum Gasteiger partial charge on any atom is 0.147 e. The first-order chi connectivity index (χ1) is 9.70. The molecular formula is C17H15F2N. The van der Waals surface area contributed by atoms with Crippen LogP contribution in [0, 0.1) is 11.6 Å². The summed E-state index contributed by atoms with van der Waals surface area (Å²) < 4.78 is 28.0. The van der Waals surface area contributed by atoms with Gasteiger partial charge in [0.05, 0.1) is 5.52 Å². The normalized spacial score (nSPS) is 12.8. The van der Waals surface area contributed by atoms with Gasteiger partial charge in [-0.3, -0.25) is 0 Å². The Labute approximate surface area is 116 Å². The average Bonchev–Trinajstić information content (AvgIpc) is 2.91. The summed E-state index contributed by atoms with van der Waals surface area (Å²) >= 11 is 0. The topological polar surface area (TPSA) is 15.8 Å². The number of aromatic amines is 1. The van der Waals surface area contributed by atoms with Crippen molar-refractivity contribution in [3.8, 4) is 0 Å². The highest BCUT2D eigenvalue weighted by Crippen LogP contribution is 2.32. The van der Waals surface area contributed by atoms with Gasteiger partial charge in [0.2, 0.25) is 0 Å². The second-order valence-corrected chi connectivity index (χ2v) is 4.93. The van der Waals surface area contributed by atoms with Crippen LogP contribution in [-0.4, -0.2) is 4.98 Å². The summed E-state index contributed by atoms with van der Waals surface area (Å²) in [7, 11) is 0. The van der Waals surface area contributed by atoms with Crippen LogP contribution in [0.1, 0.15) is 30.4 Å². The van der Waals surface area contributed by atoms with Crippen LogP contribution in [0.15, 0.2) is 48.7 Å². The van der Waals surface area contributed by atoms with Crippen molar-refractivity contribution in [3.63, 3.8) is 0 Å². The molecule has 1 unspecified atom stereocenters. The Kier molecular flexibility index (Phi) is 3.26. The van der Waals surface area contributed by atoms with E-state index in [0.717, 1.165) is 17.4 Å². The molecule has 1 nitrogen and oxygen atoms in total. The molecule has 3 heteroatoms. The molecule has 0 saturated carbocycles. The molecule has 3 rings (SSSR count). The highest BCUT2D eigenvalue weighted by molar-refractivity contribution is 5.81.